The third-order valence-corrected chi connectivity index (χ3v) is 4.66. The van der Waals surface area contributed by atoms with E-state index in [0.29, 0.717) is 18.4 Å². The van der Waals surface area contributed by atoms with E-state index in [1.165, 1.54) is 12.1 Å². The zero-order valence-corrected chi connectivity index (χ0v) is 12.9. The van der Waals surface area contributed by atoms with Crippen LogP contribution in [0, 0.1) is 17.6 Å². The lowest BCUT2D eigenvalue weighted by molar-refractivity contribution is -0.141. The summed E-state index contributed by atoms with van der Waals surface area (Å²) in [5.74, 6) is -3.40. The smallest absolute Gasteiger partial charge is 0.306 e. The summed E-state index contributed by atoms with van der Waals surface area (Å²) in [6.07, 6.45) is 1.73. The molecule has 0 aromatic heterocycles. The number of aliphatic carboxylic acids is 1. The van der Waals surface area contributed by atoms with E-state index in [1.807, 2.05) is 24.3 Å². The van der Waals surface area contributed by atoms with Crippen molar-refractivity contribution in [1.29, 1.82) is 0 Å². The highest BCUT2D eigenvalue weighted by Crippen LogP contribution is 2.39. The highest BCUT2D eigenvalue weighted by Gasteiger charge is 2.28. The van der Waals surface area contributed by atoms with Crippen molar-refractivity contribution in [3.05, 3.63) is 70.3 Å². The van der Waals surface area contributed by atoms with E-state index in [-0.39, 0.29) is 5.92 Å². The third-order valence-electron chi connectivity index (χ3n) is 4.66. The van der Waals surface area contributed by atoms with Crippen molar-refractivity contribution in [3.63, 3.8) is 0 Å². The normalized spacial score (nSPS) is 17.8. The van der Waals surface area contributed by atoms with Crippen molar-refractivity contribution >= 4 is 5.97 Å². The van der Waals surface area contributed by atoms with Gasteiger partial charge in [-0.3, -0.25) is 4.79 Å². The van der Waals surface area contributed by atoms with E-state index in [0.717, 1.165) is 23.1 Å². The lowest BCUT2D eigenvalue weighted by Gasteiger charge is -2.22. The molecule has 1 N–H and O–H groups in total. The van der Waals surface area contributed by atoms with Crippen LogP contribution in [-0.2, 0) is 17.6 Å². The molecule has 2 nitrogen and oxygen atoms in total. The Morgan fingerprint density at radius 2 is 1.78 bits per heavy atom. The second kappa shape index (κ2) is 6.11. The topological polar surface area (TPSA) is 37.3 Å². The molecule has 0 aliphatic heterocycles. The van der Waals surface area contributed by atoms with Crippen molar-refractivity contribution in [2.45, 2.75) is 32.1 Å². The Kier molecular flexibility index (Phi) is 4.16. The van der Waals surface area contributed by atoms with Crippen LogP contribution >= 0.6 is 0 Å². The standard InChI is InChI=1S/C19H18F2O2/c1-11(19(22)23)8-16-14-5-3-2-4-12(14)6-7-13-9-17(20)18(21)10-15(13)16/h2-5,9-11,16H,6-8H2,1H3,(H,22,23). The molecule has 2 aromatic rings. The van der Waals surface area contributed by atoms with Crippen LogP contribution in [0.15, 0.2) is 36.4 Å². The Bertz CT molecular complexity index is 755. The average Bonchev–Trinajstić information content (AvgIpc) is 2.66. The van der Waals surface area contributed by atoms with Crippen LogP contribution in [0.5, 0.6) is 0 Å². The molecule has 2 unspecified atom stereocenters. The molecule has 4 heteroatoms. The zero-order chi connectivity index (χ0) is 16.6. The third kappa shape index (κ3) is 2.98. The van der Waals surface area contributed by atoms with Gasteiger partial charge in [-0.05, 0) is 53.6 Å². The minimum Gasteiger partial charge on any atom is -0.481 e. The molecule has 0 saturated carbocycles. The fraction of sp³-hybridized carbons (Fsp3) is 0.316. The first-order valence-electron chi connectivity index (χ1n) is 7.75. The molecular weight excluding hydrogens is 298 g/mol. The molecule has 120 valence electrons. The van der Waals surface area contributed by atoms with Gasteiger partial charge >= 0.3 is 5.97 Å². The first-order chi connectivity index (χ1) is 11.0. The first-order valence-corrected chi connectivity index (χ1v) is 7.75. The SMILES string of the molecule is CC(CC1c2ccccc2CCc2cc(F)c(F)cc21)C(=O)O. The van der Waals surface area contributed by atoms with Crippen LogP contribution in [0.4, 0.5) is 8.78 Å². The van der Waals surface area contributed by atoms with Gasteiger partial charge in [0.05, 0.1) is 5.92 Å². The fourth-order valence-corrected chi connectivity index (χ4v) is 3.39. The number of carboxylic acids is 1. The van der Waals surface area contributed by atoms with E-state index in [2.05, 4.69) is 0 Å². The number of hydrogen-bond acceptors (Lipinski definition) is 1. The van der Waals surface area contributed by atoms with E-state index in [4.69, 9.17) is 0 Å². The van der Waals surface area contributed by atoms with Crippen molar-refractivity contribution in [2.24, 2.45) is 5.92 Å². The van der Waals surface area contributed by atoms with Crippen LogP contribution in [0.3, 0.4) is 0 Å². The minimum absolute atomic E-state index is 0.232. The van der Waals surface area contributed by atoms with Gasteiger partial charge in [-0.25, -0.2) is 8.78 Å². The second-order valence-corrected chi connectivity index (χ2v) is 6.19. The fourth-order valence-electron chi connectivity index (χ4n) is 3.39. The van der Waals surface area contributed by atoms with Crippen LogP contribution in [0.25, 0.3) is 0 Å². The molecule has 3 rings (SSSR count). The van der Waals surface area contributed by atoms with Crippen molar-refractivity contribution in [3.8, 4) is 0 Å². The largest absolute Gasteiger partial charge is 0.481 e. The van der Waals surface area contributed by atoms with E-state index < -0.39 is 23.5 Å². The number of benzene rings is 2. The van der Waals surface area contributed by atoms with Gasteiger partial charge in [-0.15, -0.1) is 0 Å². The quantitative estimate of drug-likeness (QED) is 0.916. The monoisotopic (exact) mass is 316 g/mol. The molecule has 1 aliphatic rings. The lowest BCUT2D eigenvalue weighted by atomic mass is 9.82. The lowest BCUT2D eigenvalue weighted by Crippen LogP contribution is -2.16. The van der Waals surface area contributed by atoms with Gasteiger partial charge in [0.25, 0.3) is 0 Å². The summed E-state index contributed by atoms with van der Waals surface area (Å²) in [7, 11) is 0. The van der Waals surface area contributed by atoms with Gasteiger partial charge in [-0.1, -0.05) is 31.2 Å². The zero-order valence-electron chi connectivity index (χ0n) is 12.9. The number of rotatable bonds is 3. The molecule has 0 spiro atoms. The molecule has 0 fully saturated rings. The summed E-state index contributed by atoms with van der Waals surface area (Å²) < 4.78 is 27.4. The van der Waals surface area contributed by atoms with Crippen LogP contribution in [0.2, 0.25) is 0 Å². The average molecular weight is 316 g/mol. The Hall–Kier alpha value is -2.23. The first kappa shape index (κ1) is 15.7. The van der Waals surface area contributed by atoms with Gasteiger partial charge in [0.2, 0.25) is 0 Å². The van der Waals surface area contributed by atoms with Crippen molar-refractivity contribution in [2.75, 3.05) is 0 Å². The Balaban J connectivity index is 2.14. The predicted octanol–water partition coefficient (Wildman–Crippen LogP) is 4.31. The minimum atomic E-state index is -0.879. The van der Waals surface area contributed by atoms with Crippen LogP contribution in [0.1, 0.15) is 41.5 Å². The van der Waals surface area contributed by atoms with Gasteiger partial charge in [0.1, 0.15) is 0 Å². The molecule has 0 radical (unpaired) electrons. The van der Waals surface area contributed by atoms with Crippen molar-refractivity contribution < 1.29 is 18.7 Å². The van der Waals surface area contributed by atoms with Gasteiger partial charge in [-0.2, -0.15) is 0 Å². The highest BCUT2D eigenvalue weighted by molar-refractivity contribution is 5.69. The van der Waals surface area contributed by atoms with Crippen LogP contribution < -0.4 is 0 Å². The number of halogens is 2. The number of fused-ring (bicyclic) bond motifs is 2. The summed E-state index contributed by atoms with van der Waals surface area (Å²) >= 11 is 0. The molecule has 0 heterocycles. The highest BCUT2D eigenvalue weighted by atomic mass is 19.2. The molecular formula is C19H18F2O2. The predicted molar refractivity (Wildman–Crippen MR) is 83.5 cm³/mol. The maximum atomic E-state index is 13.8. The number of carboxylic acid groups (broad SMARTS) is 1. The second-order valence-electron chi connectivity index (χ2n) is 6.19. The van der Waals surface area contributed by atoms with E-state index in [9.17, 15) is 18.7 Å². The molecule has 0 bridgehead atoms. The van der Waals surface area contributed by atoms with Gasteiger partial charge in [0, 0.05) is 5.92 Å². The van der Waals surface area contributed by atoms with Crippen molar-refractivity contribution in [1.82, 2.24) is 0 Å². The summed E-state index contributed by atoms with van der Waals surface area (Å²) in [4.78, 5) is 11.3. The summed E-state index contributed by atoms with van der Waals surface area (Å²) in [5, 5.41) is 9.24. The molecule has 2 aromatic carbocycles. The maximum Gasteiger partial charge on any atom is 0.306 e. The number of aryl methyl sites for hydroxylation is 2. The van der Waals surface area contributed by atoms with E-state index in [1.54, 1.807) is 6.92 Å². The molecule has 2 atom stereocenters. The molecule has 0 amide bonds. The van der Waals surface area contributed by atoms with Gasteiger partial charge in [0.15, 0.2) is 11.6 Å². The number of carbonyl (C=O) groups is 1. The molecule has 1 aliphatic carbocycles. The van der Waals surface area contributed by atoms with Crippen LogP contribution in [-0.4, -0.2) is 11.1 Å². The summed E-state index contributed by atoms with van der Waals surface area (Å²) in [6.45, 7) is 1.65. The van der Waals surface area contributed by atoms with E-state index >= 15 is 0 Å². The molecule has 23 heavy (non-hydrogen) atoms. The maximum absolute atomic E-state index is 13.8. The molecule has 0 saturated heterocycles. The summed E-state index contributed by atoms with van der Waals surface area (Å²) in [5.41, 5.74) is 3.61. The number of hydrogen-bond donors (Lipinski definition) is 1. The Morgan fingerprint density at radius 3 is 2.52 bits per heavy atom. The summed E-state index contributed by atoms with van der Waals surface area (Å²) in [6, 6.07) is 10.3. The van der Waals surface area contributed by atoms with Gasteiger partial charge < -0.3 is 5.11 Å². The Morgan fingerprint density at radius 1 is 1.13 bits per heavy atom. The Labute approximate surface area is 133 Å².